The fourth-order valence-electron chi connectivity index (χ4n) is 4.11. The number of ether oxygens (including phenoxy) is 1. The molecule has 1 aliphatic heterocycles. The number of rotatable bonds is 7. The van der Waals surface area contributed by atoms with Crippen LogP contribution in [0.5, 0.6) is 5.75 Å². The molecule has 0 bridgehead atoms. The second-order valence-electron chi connectivity index (χ2n) is 8.02. The fourth-order valence-corrected chi connectivity index (χ4v) is 4.72. The van der Waals surface area contributed by atoms with Crippen molar-refractivity contribution >= 4 is 27.5 Å². The van der Waals surface area contributed by atoms with Gasteiger partial charge in [-0.2, -0.15) is 0 Å². The third-order valence-corrected chi connectivity index (χ3v) is 6.51. The van der Waals surface area contributed by atoms with Crippen molar-refractivity contribution in [3.8, 4) is 17.1 Å². The van der Waals surface area contributed by atoms with Crippen molar-refractivity contribution in [3.05, 3.63) is 34.6 Å². The quantitative estimate of drug-likeness (QED) is 0.510. The summed E-state index contributed by atoms with van der Waals surface area (Å²) in [7, 11) is 1.63. The van der Waals surface area contributed by atoms with Gasteiger partial charge in [0.2, 0.25) is 0 Å². The first-order valence-corrected chi connectivity index (χ1v) is 11.4. The molecule has 1 aromatic heterocycles. The molecule has 2 N–H and O–H groups in total. The number of benzene rings is 1. The third-order valence-electron chi connectivity index (χ3n) is 5.96. The highest BCUT2D eigenvalue weighted by atomic mass is 79.9. The molecule has 7 nitrogen and oxygen atoms in total. The minimum atomic E-state index is -4.81. The molecular formula is C22H26BrF3N4O3. The van der Waals surface area contributed by atoms with Crippen LogP contribution in [0, 0.1) is 17.2 Å². The Morgan fingerprint density at radius 1 is 1.36 bits per heavy atom. The van der Waals surface area contributed by atoms with E-state index in [4.69, 9.17) is 5.41 Å². The molecule has 0 spiro atoms. The van der Waals surface area contributed by atoms with Crippen molar-refractivity contribution in [2.24, 2.45) is 18.9 Å². The first kappa shape index (κ1) is 25.2. The van der Waals surface area contributed by atoms with Crippen molar-refractivity contribution in [1.29, 1.82) is 5.41 Å². The Morgan fingerprint density at radius 3 is 2.61 bits per heavy atom. The topological polar surface area (TPSA) is 91.4 Å². The van der Waals surface area contributed by atoms with Gasteiger partial charge in [-0.1, -0.05) is 19.1 Å². The number of aliphatic hydroxyl groups is 1. The molecule has 0 saturated carbocycles. The van der Waals surface area contributed by atoms with Crippen LogP contribution in [0.3, 0.4) is 0 Å². The summed E-state index contributed by atoms with van der Waals surface area (Å²) < 4.78 is 43.5. The molecule has 1 atom stereocenters. The number of carbonyl (C=O) groups is 1. The number of piperidine rings is 1. The van der Waals surface area contributed by atoms with E-state index in [1.165, 1.54) is 18.2 Å². The molecule has 1 aliphatic rings. The Bertz CT molecular complexity index is 1010. The predicted octanol–water partition coefficient (Wildman–Crippen LogP) is 4.64. The van der Waals surface area contributed by atoms with E-state index >= 15 is 0 Å². The SMILES string of the molecule is CC[C@H](CO)C(=N)C1CCN(C(=O)c2c(Br)nc(-c3cccc(OC(F)(F)F)c3)n2C)CC1. The van der Waals surface area contributed by atoms with E-state index < -0.39 is 6.36 Å². The third kappa shape index (κ3) is 5.75. The number of hydrogen-bond donors (Lipinski definition) is 2. The van der Waals surface area contributed by atoms with Gasteiger partial charge in [0.05, 0.1) is 6.61 Å². The number of nitrogens with zero attached hydrogens (tertiary/aromatic N) is 3. The maximum absolute atomic E-state index is 13.2. The summed E-state index contributed by atoms with van der Waals surface area (Å²) in [4.78, 5) is 19.3. The number of amides is 1. The van der Waals surface area contributed by atoms with Crippen LogP contribution in [0.4, 0.5) is 13.2 Å². The van der Waals surface area contributed by atoms with Crippen LogP contribution in [0.15, 0.2) is 28.9 Å². The highest BCUT2D eigenvalue weighted by Gasteiger charge is 2.33. The number of likely N-dealkylation sites (tertiary alicyclic amines) is 1. The second-order valence-corrected chi connectivity index (χ2v) is 8.77. The van der Waals surface area contributed by atoms with Gasteiger partial charge in [0.25, 0.3) is 5.91 Å². The Labute approximate surface area is 198 Å². The van der Waals surface area contributed by atoms with Crippen LogP contribution in [-0.2, 0) is 7.05 Å². The van der Waals surface area contributed by atoms with Gasteiger partial charge in [-0.15, -0.1) is 13.2 Å². The number of hydrogen-bond acceptors (Lipinski definition) is 5. The predicted molar refractivity (Wildman–Crippen MR) is 120 cm³/mol. The summed E-state index contributed by atoms with van der Waals surface area (Å²) in [6.07, 6.45) is -2.83. The smallest absolute Gasteiger partial charge is 0.406 e. The number of imidazole rings is 1. The van der Waals surface area contributed by atoms with Crippen LogP contribution in [0.1, 0.15) is 36.7 Å². The number of aromatic nitrogens is 2. The highest BCUT2D eigenvalue weighted by Crippen LogP contribution is 2.31. The lowest BCUT2D eigenvalue weighted by Gasteiger charge is -2.34. The molecule has 33 heavy (non-hydrogen) atoms. The van der Waals surface area contributed by atoms with Gasteiger partial charge in [0, 0.05) is 43.2 Å². The standard InChI is InChI=1S/C22H26BrF3N4O3/c1-3-13(12-31)17(27)14-7-9-30(10-8-14)21(32)18-19(23)28-20(29(18)2)15-5-4-6-16(11-15)33-22(24,25)26/h4-6,11,13-14,27,31H,3,7-10,12H2,1-2H3/t13-/m1/s1. The van der Waals surface area contributed by atoms with Crippen LogP contribution in [0.2, 0.25) is 0 Å². The van der Waals surface area contributed by atoms with E-state index in [-0.39, 0.29) is 30.1 Å². The monoisotopic (exact) mass is 530 g/mol. The highest BCUT2D eigenvalue weighted by molar-refractivity contribution is 9.10. The first-order valence-electron chi connectivity index (χ1n) is 10.6. The van der Waals surface area contributed by atoms with E-state index in [1.807, 2.05) is 6.92 Å². The van der Waals surface area contributed by atoms with Gasteiger partial charge in [0.1, 0.15) is 21.9 Å². The lowest BCUT2D eigenvalue weighted by atomic mass is 9.84. The number of aliphatic hydroxyl groups excluding tert-OH is 1. The fraction of sp³-hybridized carbons (Fsp3) is 0.500. The van der Waals surface area contributed by atoms with Crippen molar-refractivity contribution in [2.75, 3.05) is 19.7 Å². The molecule has 0 radical (unpaired) electrons. The maximum Gasteiger partial charge on any atom is 0.573 e. The lowest BCUT2D eigenvalue weighted by molar-refractivity contribution is -0.274. The average Bonchev–Trinajstić information content (AvgIpc) is 3.07. The van der Waals surface area contributed by atoms with Crippen molar-refractivity contribution < 1.29 is 27.8 Å². The molecule has 1 saturated heterocycles. The van der Waals surface area contributed by atoms with E-state index in [9.17, 15) is 23.1 Å². The largest absolute Gasteiger partial charge is 0.573 e. The number of alkyl halides is 3. The van der Waals surface area contributed by atoms with E-state index in [0.29, 0.717) is 59.7 Å². The molecule has 1 amide bonds. The molecule has 1 aromatic carbocycles. The van der Waals surface area contributed by atoms with Crippen LogP contribution < -0.4 is 4.74 Å². The molecule has 11 heteroatoms. The summed E-state index contributed by atoms with van der Waals surface area (Å²) in [5.74, 6) is -0.408. The number of halogens is 4. The van der Waals surface area contributed by atoms with E-state index in [0.717, 1.165) is 0 Å². The van der Waals surface area contributed by atoms with Crippen molar-refractivity contribution in [3.63, 3.8) is 0 Å². The molecule has 2 heterocycles. The Balaban J connectivity index is 1.76. The van der Waals surface area contributed by atoms with Gasteiger partial charge in [-0.25, -0.2) is 4.98 Å². The summed E-state index contributed by atoms with van der Waals surface area (Å²) in [6.45, 7) is 2.83. The van der Waals surface area contributed by atoms with E-state index in [2.05, 4.69) is 25.7 Å². The summed E-state index contributed by atoms with van der Waals surface area (Å²) >= 11 is 3.32. The zero-order valence-electron chi connectivity index (χ0n) is 18.3. The maximum atomic E-state index is 13.2. The van der Waals surface area contributed by atoms with Gasteiger partial charge in [-0.05, 0) is 47.3 Å². The van der Waals surface area contributed by atoms with Crippen molar-refractivity contribution in [2.45, 2.75) is 32.5 Å². The number of carbonyl (C=O) groups excluding carboxylic acids is 1. The summed E-state index contributed by atoms with van der Waals surface area (Å²) in [5, 5.41) is 17.8. The Hall–Kier alpha value is -2.40. The minimum absolute atomic E-state index is 0.0352. The molecule has 180 valence electrons. The summed E-state index contributed by atoms with van der Waals surface area (Å²) in [5.41, 5.74) is 1.21. The molecule has 2 aromatic rings. The molecule has 3 rings (SSSR count). The minimum Gasteiger partial charge on any atom is -0.406 e. The molecule has 0 unspecified atom stereocenters. The van der Waals surface area contributed by atoms with Crippen LogP contribution in [-0.4, -0.2) is 57.2 Å². The average molecular weight is 531 g/mol. The van der Waals surface area contributed by atoms with Gasteiger partial charge < -0.3 is 24.7 Å². The molecule has 0 aliphatic carbocycles. The zero-order valence-corrected chi connectivity index (χ0v) is 19.9. The zero-order chi connectivity index (χ0) is 24.3. The van der Waals surface area contributed by atoms with Crippen molar-refractivity contribution in [1.82, 2.24) is 14.5 Å². The Morgan fingerprint density at radius 2 is 2.03 bits per heavy atom. The first-order chi connectivity index (χ1) is 15.6. The second kappa shape index (κ2) is 10.3. The summed E-state index contributed by atoms with van der Waals surface area (Å²) in [6, 6.07) is 5.44. The Kier molecular flexibility index (Phi) is 7.84. The van der Waals surface area contributed by atoms with Crippen LogP contribution >= 0.6 is 15.9 Å². The molecular weight excluding hydrogens is 505 g/mol. The van der Waals surface area contributed by atoms with Gasteiger partial charge >= 0.3 is 6.36 Å². The van der Waals surface area contributed by atoms with E-state index in [1.54, 1.807) is 22.6 Å². The van der Waals surface area contributed by atoms with Crippen LogP contribution in [0.25, 0.3) is 11.4 Å². The van der Waals surface area contributed by atoms with Gasteiger partial charge in [-0.3, -0.25) is 4.79 Å². The lowest BCUT2D eigenvalue weighted by Crippen LogP contribution is -2.42. The van der Waals surface area contributed by atoms with Gasteiger partial charge in [0.15, 0.2) is 0 Å². The number of nitrogens with one attached hydrogen (secondary N) is 1. The molecule has 1 fully saturated rings. The normalized spacial score (nSPS) is 16.0.